The number of nitrogens with one attached hydrogen (secondary N) is 1. The van der Waals surface area contributed by atoms with Gasteiger partial charge in [0, 0.05) is 30.7 Å². The van der Waals surface area contributed by atoms with Crippen molar-refractivity contribution in [2.75, 3.05) is 31.1 Å². The van der Waals surface area contributed by atoms with Crippen LogP contribution in [0.3, 0.4) is 0 Å². The molecule has 1 saturated carbocycles. The summed E-state index contributed by atoms with van der Waals surface area (Å²) in [6, 6.07) is 5.84. The maximum absolute atomic E-state index is 12.7. The van der Waals surface area contributed by atoms with E-state index in [2.05, 4.69) is 16.5 Å². The van der Waals surface area contributed by atoms with E-state index in [9.17, 15) is 13.2 Å². The predicted octanol–water partition coefficient (Wildman–Crippen LogP) is 2.92. The number of hydrogen-bond acceptors (Lipinski definition) is 4. The minimum atomic E-state index is -3.52. The van der Waals surface area contributed by atoms with Crippen LogP contribution < -0.4 is 9.62 Å². The molecule has 160 valence electrons. The second-order valence-electron chi connectivity index (χ2n) is 8.65. The van der Waals surface area contributed by atoms with Crippen molar-refractivity contribution in [1.82, 2.24) is 9.62 Å². The molecule has 1 aliphatic carbocycles. The van der Waals surface area contributed by atoms with E-state index >= 15 is 0 Å². The van der Waals surface area contributed by atoms with Gasteiger partial charge in [0.25, 0.3) is 0 Å². The van der Waals surface area contributed by atoms with E-state index in [-0.39, 0.29) is 11.8 Å². The average molecular weight is 420 g/mol. The topological polar surface area (TPSA) is 69.7 Å². The number of sulfonamides is 1. The monoisotopic (exact) mass is 419 g/mol. The summed E-state index contributed by atoms with van der Waals surface area (Å²) >= 11 is 0. The number of carbonyl (C=O) groups is 1. The summed E-state index contributed by atoms with van der Waals surface area (Å²) < 4.78 is 28.2. The van der Waals surface area contributed by atoms with E-state index in [1.165, 1.54) is 25.7 Å². The first-order valence-electron chi connectivity index (χ1n) is 11.2. The molecule has 2 aliphatic heterocycles. The molecule has 0 unspecified atom stereocenters. The third-order valence-corrected chi connectivity index (χ3v) is 8.04. The van der Waals surface area contributed by atoms with E-state index in [1.807, 2.05) is 4.90 Å². The molecular formula is C22H33N3O3S. The lowest BCUT2D eigenvalue weighted by atomic mass is 10.00. The Morgan fingerprint density at radius 1 is 1.17 bits per heavy atom. The lowest BCUT2D eigenvalue weighted by Gasteiger charge is -2.35. The van der Waals surface area contributed by atoms with Crippen LogP contribution in [0.25, 0.3) is 0 Å². The van der Waals surface area contributed by atoms with Gasteiger partial charge in [0.1, 0.15) is 0 Å². The number of amides is 1. The molecule has 2 heterocycles. The summed E-state index contributed by atoms with van der Waals surface area (Å²) in [5.74, 6) is 0.374. The Balaban J connectivity index is 1.32. The Labute approximate surface area is 174 Å². The standard InChI is InChI=1S/C22H33N3O3S/c1-2-19-6-3-4-13-24(19)14-5-12-23-29(27,28)20-9-10-21-18(16-20)11-15-25(21)22(26)17-7-8-17/h9-10,16-17,19,23H,2-8,11-15H2,1H3/t19-/m0/s1. The van der Waals surface area contributed by atoms with Crippen LogP contribution in [-0.4, -0.2) is 51.4 Å². The number of benzene rings is 1. The van der Waals surface area contributed by atoms with Crippen molar-refractivity contribution in [3.8, 4) is 0 Å². The molecule has 7 heteroatoms. The number of anilines is 1. The molecule has 6 nitrogen and oxygen atoms in total. The van der Waals surface area contributed by atoms with Crippen LogP contribution in [0.5, 0.6) is 0 Å². The van der Waals surface area contributed by atoms with Crippen molar-refractivity contribution in [2.45, 2.75) is 69.2 Å². The van der Waals surface area contributed by atoms with Gasteiger partial charge in [0.2, 0.25) is 15.9 Å². The van der Waals surface area contributed by atoms with Crippen molar-refractivity contribution in [1.29, 1.82) is 0 Å². The fraction of sp³-hybridized carbons (Fsp3) is 0.682. The number of piperidine rings is 1. The van der Waals surface area contributed by atoms with Gasteiger partial charge in [-0.3, -0.25) is 4.79 Å². The number of hydrogen-bond donors (Lipinski definition) is 1. The molecule has 0 spiro atoms. The van der Waals surface area contributed by atoms with Gasteiger partial charge in [-0.05, 0) is 81.8 Å². The number of carbonyl (C=O) groups excluding carboxylic acids is 1. The SMILES string of the molecule is CC[C@H]1CCCCN1CCCNS(=O)(=O)c1ccc2c(c1)CCN2C(=O)C1CC1. The molecule has 1 N–H and O–H groups in total. The number of fused-ring (bicyclic) bond motifs is 1. The lowest BCUT2D eigenvalue weighted by molar-refractivity contribution is -0.119. The van der Waals surface area contributed by atoms with Gasteiger partial charge in [-0.15, -0.1) is 0 Å². The van der Waals surface area contributed by atoms with E-state index in [4.69, 9.17) is 0 Å². The Hall–Kier alpha value is -1.44. The first kappa shape index (κ1) is 20.8. The Kier molecular flexibility index (Phi) is 6.27. The van der Waals surface area contributed by atoms with E-state index in [0.717, 1.165) is 50.0 Å². The first-order chi connectivity index (χ1) is 14.0. The highest BCUT2D eigenvalue weighted by Gasteiger charge is 2.36. The number of nitrogens with zero attached hydrogens (tertiary/aromatic N) is 2. The zero-order chi connectivity index (χ0) is 20.4. The number of likely N-dealkylation sites (tertiary alicyclic amines) is 1. The van der Waals surface area contributed by atoms with E-state index in [1.54, 1.807) is 18.2 Å². The molecular weight excluding hydrogens is 386 g/mol. The lowest BCUT2D eigenvalue weighted by Crippen LogP contribution is -2.40. The van der Waals surface area contributed by atoms with Crippen molar-refractivity contribution >= 4 is 21.6 Å². The zero-order valence-electron chi connectivity index (χ0n) is 17.4. The molecule has 1 amide bonds. The third-order valence-electron chi connectivity index (χ3n) is 6.58. The van der Waals surface area contributed by atoms with E-state index in [0.29, 0.717) is 24.0 Å². The molecule has 0 aromatic heterocycles. The van der Waals surface area contributed by atoms with Crippen molar-refractivity contribution in [3.63, 3.8) is 0 Å². The minimum Gasteiger partial charge on any atom is -0.312 e. The normalized spacial score (nSPS) is 22.7. The molecule has 1 aromatic rings. The summed E-state index contributed by atoms with van der Waals surface area (Å²) in [4.78, 5) is 17.0. The fourth-order valence-electron chi connectivity index (χ4n) is 4.71. The van der Waals surface area contributed by atoms with Gasteiger partial charge >= 0.3 is 0 Å². The Bertz CT molecular complexity index is 851. The molecule has 1 saturated heterocycles. The number of rotatable bonds is 8. The minimum absolute atomic E-state index is 0.179. The van der Waals surface area contributed by atoms with Crippen molar-refractivity contribution in [3.05, 3.63) is 23.8 Å². The molecule has 4 rings (SSSR count). The summed E-state index contributed by atoms with van der Waals surface area (Å²) in [5, 5.41) is 0. The van der Waals surface area contributed by atoms with Crippen LogP contribution in [0.4, 0.5) is 5.69 Å². The summed E-state index contributed by atoms with van der Waals surface area (Å²) in [5.41, 5.74) is 1.84. The second-order valence-corrected chi connectivity index (χ2v) is 10.4. The van der Waals surface area contributed by atoms with Gasteiger partial charge in [-0.25, -0.2) is 13.1 Å². The molecule has 1 aromatic carbocycles. The average Bonchev–Trinajstić information content (AvgIpc) is 3.50. The van der Waals surface area contributed by atoms with Gasteiger partial charge in [0.05, 0.1) is 4.90 Å². The van der Waals surface area contributed by atoms with Crippen LogP contribution >= 0.6 is 0 Å². The highest BCUT2D eigenvalue weighted by atomic mass is 32.2. The highest BCUT2D eigenvalue weighted by molar-refractivity contribution is 7.89. The van der Waals surface area contributed by atoms with Gasteiger partial charge in [-0.2, -0.15) is 0 Å². The predicted molar refractivity (Wildman–Crippen MR) is 115 cm³/mol. The maximum atomic E-state index is 12.7. The molecule has 0 bridgehead atoms. The zero-order valence-corrected chi connectivity index (χ0v) is 18.2. The smallest absolute Gasteiger partial charge is 0.240 e. The van der Waals surface area contributed by atoms with Crippen LogP contribution in [0.1, 0.15) is 57.4 Å². The Morgan fingerprint density at radius 2 is 2.00 bits per heavy atom. The molecule has 3 aliphatic rings. The van der Waals surface area contributed by atoms with Gasteiger partial charge in [-0.1, -0.05) is 13.3 Å². The molecule has 29 heavy (non-hydrogen) atoms. The molecule has 2 fully saturated rings. The molecule has 1 atom stereocenters. The third kappa shape index (κ3) is 4.67. The van der Waals surface area contributed by atoms with Gasteiger partial charge < -0.3 is 9.80 Å². The quantitative estimate of drug-likeness (QED) is 0.658. The Morgan fingerprint density at radius 3 is 2.76 bits per heavy atom. The second kappa shape index (κ2) is 8.74. The summed E-state index contributed by atoms with van der Waals surface area (Å²) in [6.07, 6.45) is 8.50. The van der Waals surface area contributed by atoms with Crippen LogP contribution in [0.2, 0.25) is 0 Å². The fourth-order valence-corrected chi connectivity index (χ4v) is 5.84. The van der Waals surface area contributed by atoms with Crippen LogP contribution in [0, 0.1) is 5.92 Å². The van der Waals surface area contributed by atoms with Crippen LogP contribution in [0.15, 0.2) is 23.1 Å². The van der Waals surface area contributed by atoms with Crippen molar-refractivity contribution < 1.29 is 13.2 Å². The van der Waals surface area contributed by atoms with Crippen molar-refractivity contribution in [2.24, 2.45) is 5.92 Å². The first-order valence-corrected chi connectivity index (χ1v) is 12.7. The largest absolute Gasteiger partial charge is 0.312 e. The maximum Gasteiger partial charge on any atom is 0.240 e. The summed E-state index contributed by atoms with van der Waals surface area (Å²) in [6.45, 7) is 5.43. The van der Waals surface area contributed by atoms with Crippen LogP contribution in [-0.2, 0) is 21.2 Å². The van der Waals surface area contributed by atoms with E-state index < -0.39 is 10.0 Å². The molecule has 0 radical (unpaired) electrons. The van der Waals surface area contributed by atoms with Gasteiger partial charge in [0.15, 0.2) is 0 Å². The highest BCUT2D eigenvalue weighted by Crippen LogP contribution is 2.37. The summed E-state index contributed by atoms with van der Waals surface area (Å²) in [7, 11) is -3.52.